The van der Waals surface area contributed by atoms with Gasteiger partial charge in [-0.3, -0.25) is 0 Å². The summed E-state index contributed by atoms with van der Waals surface area (Å²) in [5.41, 5.74) is 0. The van der Waals surface area contributed by atoms with Crippen LogP contribution in [0.5, 0.6) is 11.5 Å². The van der Waals surface area contributed by atoms with E-state index in [1.165, 1.54) is 77.0 Å². The highest BCUT2D eigenvalue weighted by Gasteiger charge is 1.98. The minimum Gasteiger partial charge on any atom is -0.494 e. The Balaban J connectivity index is 1.98. The molecule has 150 valence electrons. The SMILES string of the molecule is CCCCCCCCCOc1ccc(OCCCCCCCCC)cc1. The molecule has 0 heterocycles. The topological polar surface area (TPSA) is 18.5 Å². The Labute approximate surface area is 162 Å². The fraction of sp³-hybridized carbons (Fsp3) is 0.750. The molecule has 0 radical (unpaired) electrons. The molecule has 0 spiro atoms. The van der Waals surface area contributed by atoms with Crippen LogP contribution in [-0.4, -0.2) is 13.2 Å². The van der Waals surface area contributed by atoms with Gasteiger partial charge in [-0.25, -0.2) is 0 Å². The van der Waals surface area contributed by atoms with E-state index in [1.807, 2.05) is 24.3 Å². The average Bonchev–Trinajstić information content (AvgIpc) is 2.67. The Kier molecular flexibility index (Phi) is 15.2. The molecule has 0 saturated heterocycles. The van der Waals surface area contributed by atoms with E-state index in [9.17, 15) is 0 Å². The van der Waals surface area contributed by atoms with Crippen molar-refractivity contribution in [1.29, 1.82) is 0 Å². The van der Waals surface area contributed by atoms with Gasteiger partial charge >= 0.3 is 0 Å². The maximum absolute atomic E-state index is 5.82. The highest BCUT2D eigenvalue weighted by molar-refractivity contribution is 5.31. The van der Waals surface area contributed by atoms with Gasteiger partial charge < -0.3 is 9.47 Å². The zero-order valence-electron chi connectivity index (χ0n) is 17.4. The minimum absolute atomic E-state index is 0.825. The summed E-state index contributed by atoms with van der Waals surface area (Å²) in [6.45, 7) is 6.18. The monoisotopic (exact) mass is 362 g/mol. The van der Waals surface area contributed by atoms with Gasteiger partial charge in [-0.2, -0.15) is 0 Å². The van der Waals surface area contributed by atoms with Crippen LogP contribution in [0.4, 0.5) is 0 Å². The molecule has 0 unspecified atom stereocenters. The molecule has 2 nitrogen and oxygen atoms in total. The molecule has 26 heavy (non-hydrogen) atoms. The first-order valence-electron chi connectivity index (χ1n) is 11.2. The van der Waals surface area contributed by atoms with Crippen molar-refractivity contribution < 1.29 is 9.47 Å². The second-order valence-corrected chi connectivity index (χ2v) is 7.41. The van der Waals surface area contributed by atoms with E-state index >= 15 is 0 Å². The Bertz CT molecular complexity index is 360. The van der Waals surface area contributed by atoms with Gasteiger partial charge in [-0.05, 0) is 37.1 Å². The Hall–Kier alpha value is -1.18. The fourth-order valence-electron chi connectivity index (χ4n) is 3.13. The summed E-state index contributed by atoms with van der Waals surface area (Å²) in [5, 5.41) is 0. The average molecular weight is 363 g/mol. The van der Waals surface area contributed by atoms with Crippen LogP contribution in [0.25, 0.3) is 0 Å². The van der Waals surface area contributed by atoms with E-state index in [2.05, 4.69) is 13.8 Å². The molecule has 0 atom stereocenters. The molecule has 0 aliphatic carbocycles. The van der Waals surface area contributed by atoms with Crippen molar-refractivity contribution in [2.45, 2.75) is 104 Å². The zero-order chi connectivity index (χ0) is 18.7. The van der Waals surface area contributed by atoms with Crippen LogP contribution >= 0.6 is 0 Å². The van der Waals surface area contributed by atoms with Crippen molar-refractivity contribution in [3.8, 4) is 11.5 Å². The molecule has 1 rings (SSSR count). The summed E-state index contributed by atoms with van der Waals surface area (Å²) in [7, 11) is 0. The van der Waals surface area contributed by atoms with Gasteiger partial charge in [0, 0.05) is 0 Å². The fourth-order valence-corrected chi connectivity index (χ4v) is 3.13. The first-order valence-corrected chi connectivity index (χ1v) is 11.2. The summed E-state index contributed by atoms with van der Waals surface area (Å²) in [5.74, 6) is 1.92. The van der Waals surface area contributed by atoms with Crippen molar-refractivity contribution in [2.24, 2.45) is 0 Å². The maximum atomic E-state index is 5.82. The van der Waals surface area contributed by atoms with Crippen LogP contribution in [0.3, 0.4) is 0 Å². The molecule has 1 aromatic rings. The van der Waals surface area contributed by atoms with Crippen LogP contribution in [-0.2, 0) is 0 Å². The number of unbranched alkanes of at least 4 members (excludes halogenated alkanes) is 12. The van der Waals surface area contributed by atoms with Crippen LogP contribution in [0.1, 0.15) is 104 Å². The largest absolute Gasteiger partial charge is 0.494 e. The molecule has 0 bridgehead atoms. The molecule has 0 fully saturated rings. The molecule has 1 aromatic carbocycles. The third-order valence-corrected chi connectivity index (χ3v) is 4.86. The van der Waals surface area contributed by atoms with E-state index in [1.54, 1.807) is 0 Å². The summed E-state index contributed by atoms with van der Waals surface area (Å²) < 4.78 is 11.6. The summed E-state index contributed by atoms with van der Waals surface area (Å²) in [6, 6.07) is 8.12. The molecule has 0 aromatic heterocycles. The number of hydrogen-bond acceptors (Lipinski definition) is 2. The predicted octanol–water partition coefficient (Wildman–Crippen LogP) is 7.95. The van der Waals surface area contributed by atoms with Crippen LogP contribution in [0, 0.1) is 0 Å². The lowest BCUT2D eigenvalue weighted by Crippen LogP contribution is -1.99. The summed E-state index contributed by atoms with van der Waals surface area (Å²) in [4.78, 5) is 0. The maximum Gasteiger partial charge on any atom is 0.119 e. The molecular weight excluding hydrogens is 320 g/mol. The molecule has 2 heteroatoms. The zero-order valence-corrected chi connectivity index (χ0v) is 17.4. The smallest absolute Gasteiger partial charge is 0.119 e. The van der Waals surface area contributed by atoms with Crippen molar-refractivity contribution in [3.05, 3.63) is 24.3 Å². The highest BCUT2D eigenvalue weighted by Crippen LogP contribution is 2.18. The van der Waals surface area contributed by atoms with Gasteiger partial charge in [0.25, 0.3) is 0 Å². The van der Waals surface area contributed by atoms with Gasteiger partial charge in [0.15, 0.2) is 0 Å². The first kappa shape index (κ1) is 22.9. The van der Waals surface area contributed by atoms with Gasteiger partial charge in [0.2, 0.25) is 0 Å². The van der Waals surface area contributed by atoms with E-state index in [-0.39, 0.29) is 0 Å². The quantitative estimate of drug-likeness (QED) is 0.247. The lowest BCUT2D eigenvalue weighted by Gasteiger charge is -2.09. The Morgan fingerprint density at radius 1 is 0.462 bits per heavy atom. The number of hydrogen-bond donors (Lipinski definition) is 0. The van der Waals surface area contributed by atoms with E-state index in [0.29, 0.717) is 0 Å². The number of benzene rings is 1. The molecule has 0 saturated carbocycles. The standard InChI is InChI=1S/C24H42O2/c1-3-5-7-9-11-13-15-21-25-23-17-19-24(20-18-23)26-22-16-14-12-10-8-6-4-2/h17-20H,3-16,21-22H2,1-2H3. The van der Waals surface area contributed by atoms with Crippen molar-refractivity contribution in [3.63, 3.8) is 0 Å². The molecule has 0 aliphatic rings. The summed E-state index contributed by atoms with van der Waals surface area (Å²) >= 11 is 0. The van der Waals surface area contributed by atoms with Crippen LogP contribution in [0.15, 0.2) is 24.3 Å². The number of ether oxygens (including phenoxy) is 2. The van der Waals surface area contributed by atoms with Crippen molar-refractivity contribution in [1.82, 2.24) is 0 Å². The first-order chi connectivity index (χ1) is 12.9. The Morgan fingerprint density at radius 3 is 1.12 bits per heavy atom. The second-order valence-electron chi connectivity index (χ2n) is 7.41. The molecule has 0 amide bonds. The minimum atomic E-state index is 0.825. The second kappa shape index (κ2) is 17.2. The van der Waals surface area contributed by atoms with Crippen molar-refractivity contribution >= 4 is 0 Å². The van der Waals surface area contributed by atoms with E-state index < -0.39 is 0 Å². The van der Waals surface area contributed by atoms with Gasteiger partial charge in [-0.15, -0.1) is 0 Å². The lowest BCUT2D eigenvalue weighted by molar-refractivity contribution is 0.296. The van der Waals surface area contributed by atoms with E-state index in [4.69, 9.17) is 9.47 Å². The van der Waals surface area contributed by atoms with Gasteiger partial charge in [-0.1, -0.05) is 90.9 Å². The molecular formula is C24H42O2. The third-order valence-electron chi connectivity index (χ3n) is 4.86. The molecule has 0 N–H and O–H groups in total. The van der Waals surface area contributed by atoms with E-state index in [0.717, 1.165) is 37.6 Å². The predicted molar refractivity (Wildman–Crippen MR) is 113 cm³/mol. The highest BCUT2D eigenvalue weighted by atomic mass is 16.5. The van der Waals surface area contributed by atoms with Gasteiger partial charge in [0.1, 0.15) is 11.5 Å². The summed E-state index contributed by atoms with van der Waals surface area (Å²) in [6.07, 6.45) is 18.5. The van der Waals surface area contributed by atoms with Crippen LogP contribution in [0.2, 0.25) is 0 Å². The Morgan fingerprint density at radius 2 is 0.769 bits per heavy atom. The van der Waals surface area contributed by atoms with Gasteiger partial charge in [0.05, 0.1) is 13.2 Å². The number of rotatable bonds is 18. The van der Waals surface area contributed by atoms with Crippen LogP contribution < -0.4 is 9.47 Å². The normalized spacial score (nSPS) is 10.8. The van der Waals surface area contributed by atoms with Crippen molar-refractivity contribution in [2.75, 3.05) is 13.2 Å². The third kappa shape index (κ3) is 13.1. The lowest BCUT2D eigenvalue weighted by atomic mass is 10.1. The molecule has 0 aliphatic heterocycles.